The summed E-state index contributed by atoms with van der Waals surface area (Å²) in [6, 6.07) is 0. The summed E-state index contributed by atoms with van der Waals surface area (Å²) in [6.07, 6.45) is 9.32. The topological polar surface area (TPSA) is 0 Å². The first-order chi connectivity index (χ1) is 9.50. The van der Waals surface area contributed by atoms with E-state index in [1.165, 1.54) is 44.9 Å². The molecule has 3 unspecified atom stereocenters. The predicted molar refractivity (Wildman–Crippen MR) is 93.4 cm³/mol. The van der Waals surface area contributed by atoms with E-state index < -0.39 is 0 Å². The van der Waals surface area contributed by atoms with Crippen LogP contribution in [0.2, 0.25) is 5.82 Å². The number of thioether (sulfide) groups is 1. The minimum absolute atomic E-state index is 0.444. The predicted octanol–water partition coefficient (Wildman–Crippen LogP) is 5.99. The Labute approximate surface area is 132 Å². The molecule has 1 aliphatic carbocycles. The number of hydrogen-bond acceptors (Lipinski definition) is 1. The summed E-state index contributed by atoms with van der Waals surface area (Å²) >= 11 is 2.20. The van der Waals surface area contributed by atoms with Gasteiger partial charge in [-0.05, 0) is 35.5 Å². The van der Waals surface area contributed by atoms with Crippen LogP contribution in [0.3, 0.4) is 0 Å². The maximum atomic E-state index is 6.27. The highest BCUT2D eigenvalue weighted by molar-refractivity contribution is 8.04. The normalized spacial score (nSPS) is 32.8. The zero-order valence-corrected chi connectivity index (χ0v) is 14.6. The molecule has 0 nitrogen and oxygen atoms in total. The van der Waals surface area contributed by atoms with Gasteiger partial charge in [0.25, 0.3) is 0 Å². The molecule has 2 heteroatoms. The second-order valence-corrected chi connectivity index (χ2v) is 8.65. The molecule has 0 aromatic carbocycles. The molecule has 0 N–H and O–H groups in total. The fourth-order valence-corrected chi connectivity index (χ4v) is 5.77. The molecule has 0 spiro atoms. The first-order valence-electron chi connectivity index (χ1n) is 8.66. The highest BCUT2D eigenvalue weighted by Gasteiger charge is 2.37. The van der Waals surface area contributed by atoms with Crippen molar-refractivity contribution in [2.75, 3.05) is 0 Å². The van der Waals surface area contributed by atoms with Crippen LogP contribution in [-0.2, 0) is 0 Å². The molecule has 0 aromatic heterocycles. The Morgan fingerprint density at radius 3 is 2.25 bits per heavy atom. The molecular weight excluding hydrogens is 259 g/mol. The van der Waals surface area contributed by atoms with Crippen LogP contribution in [0.15, 0.2) is 10.5 Å². The van der Waals surface area contributed by atoms with E-state index in [0.717, 1.165) is 11.2 Å². The van der Waals surface area contributed by atoms with Crippen LogP contribution in [0.4, 0.5) is 0 Å². The summed E-state index contributed by atoms with van der Waals surface area (Å²) in [5, 5.41) is 0.814. The summed E-state index contributed by atoms with van der Waals surface area (Å²) in [4.78, 5) is 1.71. The van der Waals surface area contributed by atoms with E-state index in [-0.39, 0.29) is 0 Å². The minimum Gasteiger partial charge on any atom is -0.126 e. The second kappa shape index (κ2) is 7.43. The fraction of sp³-hybridized carbons (Fsp3) is 0.889. The molecule has 112 valence electrons. The van der Waals surface area contributed by atoms with Crippen LogP contribution in [0.5, 0.6) is 0 Å². The van der Waals surface area contributed by atoms with Crippen molar-refractivity contribution in [3.05, 3.63) is 10.5 Å². The average Bonchev–Trinajstić information content (AvgIpc) is 2.75. The van der Waals surface area contributed by atoms with E-state index in [2.05, 4.69) is 39.5 Å². The van der Waals surface area contributed by atoms with Crippen molar-refractivity contribution in [1.82, 2.24) is 0 Å². The lowest BCUT2D eigenvalue weighted by Gasteiger charge is -2.26. The molecule has 2 rings (SSSR count). The van der Waals surface area contributed by atoms with Gasteiger partial charge in [-0.3, -0.25) is 0 Å². The van der Waals surface area contributed by atoms with Crippen molar-refractivity contribution in [3.8, 4) is 0 Å². The Bertz CT molecular complexity index is 345. The maximum Gasteiger partial charge on any atom is 0.0699 e. The second-order valence-electron chi connectivity index (χ2n) is 7.37. The Kier molecular flexibility index (Phi) is 6.14. The van der Waals surface area contributed by atoms with Crippen LogP contribution >= 0.6 is 11.8 Å². The molecule has 3 atom stereocenters. The minimum atomic E-state index is 0.444. The third-order valence-corrected chi connectivity index (χ3v) is 6.80. The lowest BCUT2D eigenvalue weighted by molar-refractivity contribution is 0.422. The highest BCUT2D eigenvalue weighted by atomic mass is 32.2. The Hall–Kier alpha value is 0.155. The van der Waals surface area contributed by atoms with E-state index in [9.17, 15) is 0 Å². The van der Waals surface area contributed by atoms with Gasteiger partial charge in [-0.25, -0.2) is 0 Å². The summed E-state index contributed by atoms with van der Waals surface area (Å²) in [7, 11) is 6.27. The fourth-order valence-electron chi connectivity index (χ4n) is 3.95. The van der Waals surface area contributed by atoms with Crippen molar-refractivity contribution in [1.29, 1.82) is 0 Å². The summed E-state index contributed by atoms with van der Waals surface area (Å²) < 4.78 is 0. The lowest BCUT2D eigenvalue weighted by Crippen LogP contribution is -2.19. The van der Waals surface area contributed by atoms with Crippen molar-refractivity contribution < 1.29 is 0 Å². The molecular formula is C18H31BS. The molecule has 1 fully saturated rings. The largest absolute Gasteiger partial charge is 0.126 e. The van der Waals surface area contributed by atoms with Gasteiger partial charge >= 0.3 is 0 Å². The maximum absolute atomic E-state index is 6.27. The first-order valence-corrected chi connectivity index (χ1v) is 9.54. The number of hydrogen-bond donors (Lipinski definition) is 0. The van der Waals surface area contributed by atoms with Crippen LogP contribution < -0.4 is 0 Å². The summed E-state index contributed by atoms with van der Waals surface area (Å²) in [5.41, 5.74) is 1.80. The Balaban J connectivity index is 2.18. The molecule has 2 aliphatic rings. The Morgan fingerprint density at radius 1 is 0.900 bits per heavy atom. The van der Waals surface area contributed by atoms with Crippen LogP contribution in [0, 0.1) is 17.8 Å². The zero-order chi connectivity index (χ0) is 14.7. The van der Waals surface area contributed by atoms with Crippen molar-refractivity contribution in [2.45, 2.75) is 83.7 Å². The molecule has 1 heterocycles. The average molecular weight is 290 g/mol. The van der Waals surface area contributed by atoms with Crippen LogP contribution in [-0.4, -0.2) is 13.1 Å². The molecule has 0 saturated heterocycles. The molecule has 0 aromatic rings. The van der Waals surface area contributed by atoms with Crippen molar-refractivity contribution in [3.63, 3.8) is 0 Å². The molecule has 0 amide bonds. The van der Waals surface area contributed by atoms with Gasteiger partial charge in [0.1, 0.15) is 0 Å². The summed E-state index contributed by atoms with van der Waals surface area (Å²) in [6.45, 7) is 9.53. The van der Waals surface area contributed by atoms with Gasteiger partial charge in [0.15, 0.2) is 0 Å². The monoisotopic (exact) mass is 290 g/mol. The smallest absolute Gasteiger partial charge is 0.0699 e. The van der Waals surface area contributed by atoms with E-state index >= 15 is 0 Å². The van der Waals surface area contributed by atoms with E-state index in [4.69, 9.17) is 7.85 Å². The third kappa shape index (κ3) is 3.87. The van der Waals surface area contributed by atoms with Crippen LogP contribution in [0.25, 0.3) is 0 Å². The third-order valence-electron chi connectivity index (χ3n) is 4.97. The van der Waals surface area contributed by atoms with Gasteiger partial charge in [-0.15, -0.1) is 11.8 Å². The van der Waals surface area contributed by atoms with Gasteiger partial charge in [-0.1, -0.05) is 71.2 Å². The molecule has 1 saturated carbocycles. The van der Waals surface area contributed by atoms with Gasteiger partial charge < -0.3 is 0 Å². The summed E-state index contributed by atoms with van der Waals surface area (Å²) in [5.74, 6) is 2.69. The highest BCUT2D eigenvalue weighted by Crippen LogP contribution is 2.52. The van der Waals surface area contributed by atoms with E-state index in [1.54, 1.807) is 10.5 Å². The van der Waals surface area contributed by atoms with Crippen molar-refractivity contribution in [2.24, 2.45) is 17.8 Å². The quantitative estimate of drug-likeness (QED) is 0.563. The van der Waals surface area contributed by atoms with E-state index in [0.29, 0.717) is 17.7 Å². The van der Waals surface area contributed by atoms with Crippen LogP contribution in [0.1, 0.15) is 72.6 Å². The molecule has 20 heavy (non-hydrogen) atoms. The number of allylic oxidation sites excluding steroid dienone is 2. The molecule has 0 bridgehead atoms. The standard InChI is InChI=1S/C18H31BS/c1-12(2)17-15-9-7-5-6-8-14(19)10-11-16(15)20-18(17)13(3)4/h12-16H,5-11H2,1-4H3. The first kappa shape index (κ1) is 16.5. The van der Waals surface area contributed by atoms with Gasteiger partial charge in [0.2, 0.25) is 0 Å². The molecule has 1 aliphatic heterocycles. The van der Waals surface area contributed by atoms with Gasteiger partial charge in [0, 0.05) is 5.25 Å². The zero-order valence-electron chi connectivity index (χ0n) is 13.8. The van der Waals surface area contributed by atoms with Gasteiger partial charge in [-0.2, -0.15) is 0 Å². The molecule has 2 radical (unpaired) electrons. The number of fused-ring (bicyclic) bond motifs is 1. The van der Waals surface area contributed by atoms with E-state index in [1.807, 2.05) is 0 Å². The number of rotatable bonds is 2. The lowest BCUT2D eigenvalue weighted by atomic mass is 9.75. The SMILES string of the molecule is [B]C1CCCCCC2C(C(C)C)=C(C(C)C)SC2CC1. The van der Waals surface area contributed by atoms with Gasteiger partial charge in [0.05, 0.1) is 7.85 Å². The Morgan fingerprint density at radius 2 is 1.60 bits per heavy atom. The van der Waals surface area contributed by atoms with Crippen molar-refractivity contribution >= 4 is 19.6 Å².